The Hall–Kier alpha value is -3.82. The number of benzene rings is 3. The molecule has 0 aliphatic heterocycles. The van der Waals surface area contributed by atoms with Gasteiger partial charge in [0.25, 0.3) is 5.91 Å². The van der Waals surface area contributed by atoms with Gasteiger partial charge in [-0.1, -0.05) is 30.7 Å². The highest BCUT2D eigenvalue weighted by Crippen LogP contribution is 2.34. The lowest BCUT2D eigenvalue weighted by Crippen LogP contribution is -2.24. The van der Waals surface area contributed by atoms with Crippen LogP contribution in [-0.2, 0) is 4.79 Å². The Morgan fingerprint density at radius 1 is 0.974 bits per heavy atom. The zero-order chi connectivity index (χ0) is 27.1. The van der Waals surface area contributed by atoms with Gasteiger partial charge in [0.1, 0.15) is 0 Å². The predicted octanol–water partition coefficient (Wildman–Crippen LogP) is 6.90. The molecule has 0 radical (unpaired) electrons. The molecule has 38 heavy (non-hydrogen) atoms. The van der Waals surface area contributed by atoms with Gasteiger partial charge in [-0.2, -0.15) is 0 Å². The van der Waals surface area contributed by atoms with Gasteiger partial charge in [0.05, 0.1) is 25.2 Å². The van der Waals surface area contributed by atoms with E-state index in [0.29, 0.717) is 34.3 Å². The number of aromatic nitrogens is 1. The summed E-state index contributed by atoms with van der Waals surface area (Å²) in [6, 6.07) is 20.5. The summed E-state index contributed by atoms with van der Waals surface area (Å²) < 4.78 is 10.7. The first-order valence-corrected chi connectivity index (χ1v) is 13.8. The van der Waals surface area contributed by atoms with Crippen molar-refractivity contribution in [2.45, 2.75) is 30.4 Å². The number of carbonyl (C=O) groups excluding carboxylic acids is 2. The maximum atomic E-state index is 13.1. The van der Waals surface area contributed by atoms with Crippen LogP contribution in [0, 0.1) is 6.92 Å². The summed E-state index contributed by atoms with van der Waals surface area (Å²) in [5, 5.41) is 7.98. The molecule has 196 valence electrons. The topological polar surface area (TPSA) is 89.6 Å². The van der Waals surface area contributed by atoms with Gasteiger partial charge < -0.3 is 20.1 Å². The quantitative estimate of drug-likeness (QED) is 0.210. The Balaban J connectivity index is 1.40. The Kier molecular flexibility index (Phi) is 9.04. The molecule has 2 N–H and O–H groups in total. The molecular weight excluding hydrogens is 518 g/mol. The van der Waals surface area contributed by atoms with E-state index in [9.17, 15) is 9.59 Å². The fourth-order valence-corrected chi connectivity index (χ4v) is 5.50. The highest BCUT2D eigenvalue weighted by molar-refractivity contribution is 8.00. The number of methoxy groups -OCH3 is 2. The Bertz CT molecular complexity index is 1440. The molecule has 0 fully saturated rings. The minimum absolute atomic E-state index is 0.125. The molecule has 3 aromatic carbocycles. The molecule has 1 unspecified atom stereocenters. The molecule has 0 saturated carbocycles. The highest BCUT2D eigenvalue weighted by atomic mass is 32.2. The van der Waals surface area contributed by atoms with Crippen molar-refractivity contribution in [3.05, 3.63) is 83.2 Å². The summed E-state index contributed by atoms with van der Waals surface area (Å²) in [6.45, 7) is 3.92. The summed E-state index contributed by atoms with van der Waals surface area (Å²) in [5.74, 6) is 0.958. The first-order valence-electron chi connectivity index (χ1n) is 12.0. The fourth-order valence-electron chi connectivity index (χ4n) is 3.77. The van der Waals surface area contributed by atoms with Gasteiger partial charge in [-0.25, -0.2) is 4.98 Å². The number of carbonyl (C=O) groups is 2. The van der Waals surface area contributed by atoms with E-state index in [1.54, 1.807) is 20.3 Å². The van der Waals surface area contributed by atoms with E-state index in [-0.39, 0.29) is 17.1 Å². The molecule has 0 spiro atoms. The molecule has 1 aromatic heterocycles. The number of hydrogen-bond acceptors (Lipinski definition) is 7. The van der Waals surface area contributed by atoms with Crippen molar-refractivity contribution < 1.29 is 19.1 Å². The van der Waals surface area contributed by atoms with Crippen LogP contribution >= 0.6 is 23.1 Å². The minimum Gasteiger partial charge on any atom is -0.493 e. The summed E-state index contributed by atoms with van der Waals surface area (Å²) in [7, 11) is 3.18. The second kappa shape index (κ2) is 12.6. The molecule has 4 aromatic rings. The van der Waals surface area contributed by atoms with Crippen LogP contribution in [0.4, 0.5) is 10.8 Å². The predicted molar refractivity (Wildman–Crippen MR) is 155 cm³/mol. The summed E-state index contributed by atoms with van der Waals surface area (Å²) in [6.07, 6.45) is 0.629. The lowest BCUT2D eigenvalue weighted by molar-refractivity contribution is -0.115. The van der Waals surface area contributed by atoms with E-state index in [1.165, 1.54) is 23.1 Å². The maximum Gasteiger partial charge on any atom is 0.255 e. The molecular formula is C29H29N3O4S2. The van der Waals surface area contributed by atoms with E-state index < -0.39 is 0 Å². The van der Waals surface area contributed by atoms with Gasteiger partial charge in [0.2, 0.25) is 5.91 Å². The third-order valence-electron chi connectivity index (χ3n) is 5.73. The molecule has 0 aliphatic carbocycles. The van der Waals surface area contributed by atoms with E-state index in [0.717, 1.165) is 21.7 Å². The number of thioether (sulfide) groups is 1. The van der Waals surface area contributed by atoms with Crippen molar-refractivity contribution in [2.24, 2.45) is 0 Å². The van der Waals surface area contributed by atoms with Crippen LogP contribution in [-0.4, -0.2) is 36.3 Å². The van der Waals surface area contributed by atoms with E-state index in [1.807, 2.05) is 79.9 Å². The number of ether oxygens (including phenoxy) is 2. The molecule has 0 aliphatic rings. The number of amides is 2. The number of rotatable bonds is 10. The highest BCUT2D eigenvalue weighted by Gasteiger charge is 2.20. The number of thiazole rings is 1. The average molecular weight is 548 g/mol. The zero-order valence-corrected chi connectivity index (χ0v) is 23.2. The van der Waals surface area contributed by atoms with Gasteiger partial charge in [-0.3, -0.25) is 9.59 Å². The average Bonchev–Trinajstić information content (AvgIpc) is 3.39. The SMILES string of the molecule is CCC(Sc1cccc(NC(=O)c2cccc(C)c2)c1)C(=O)Nc1nc(-c2ccc(OC)c(OC)c2)cs1. The third-order valence-corrected chi connectivity index (χ3v) is 7.84. The van der Waals surface area contributed by atoms with Crippen LogP contribution in [0.3, 0.4) is 0 Å². The standard InChI is InChI=1S/C29H29N3O4S2/c1-5-26(38-22-11-7-10-21(16-22)30-27(33)20-9-6-8-18(2)14-20)28(34)32-29-31-23(17-37-29)19-12-13-24(35-3)25(15-19)36-4/h6-17,26H,5H2,1-4H3,(H,30,33)(H,31,32,34). The number of anilines is 2. The van der Waals surface area contributed by atoms with Gasteiger partial charge in [-0.15, -0.1) is 23.1 Å². The van der Waals surface area contributed by atoms with Crippen LogP contribution in [0.2, 0.25) is 0 Å². The molecule has 1 heterocycles. The minimum atomic E-state index is -0.328. The smallest absolute Gasteiger partial charge is 0.255 e. The third kappa shape index (κ3) is 6.73. The Morgan fingerprint density at radius 3 is 2.50 bits per heavy atom. The van der Waals surface area contributed by atoms with Crippen molar-refractivity contribution in [1.29, 1.82) is 0 Å². The second-order valence-corrected chi connectivity index (χ2v) is 10.6. The van der Waals surface area contributed by atoms with Crippen LogP contribution in [0.25, 0.3) is 11.3 Å². The van der Waals surface area contributed by atoms with Crippen LogP contribution in [0.1, 0.15) is 29.3 Å². The number of hydrogen-bond donors (Lipinski definition) is 2. The van der Waals surface area contributed by atoms with Crippen LogP contribution in [0.15, 0.2) is 77.0 Å². The summed E-state index contributed by atoms with van der Waals surface area (Å²) >= 11 is 2.82. The number of nitrogens with zero attached hydrogens (tertiary/aromatic N) is 1. The molecule has 7 nitrogen and oxygen atoms in total. The van der Waals surface area contributed by atoms with Crippen molar-refractivity contribution in [3.63, 3.8) is 0 Å². The second-order valence-electron chi connectivity index (χ2n) is 8.46. The largest absolute Gasteiger partial charge is 0.493 e. The van der Waals surface area contributed by atoms with E-state index in [4.69, 9.17) is 9.47 Å². The fraction of sp³-hybridized carbons (Fsp3) is 0.207. The van der Waals surface area contributed by atoms with E-state index >= 15 is 0 Å². The van der Waals surface area contributed by atoms with Crippen molar-refractivity contribution in [3.8, 4) is 22.8 Å². The normalized spacial score (nSPS) is 11.5. The van der Waals surface area contributed by atoms with Crippen molar-refractivity contribution in [1.82, 2.24) is 4.98 Å². The Morgan fingerprint density at radius 2 is 1.76 bits per heavy atom. The van der Waals surface area contributed by atoms with Gasteiger partial charge in [0, 0.05) is 27.1 Å². The molecule has 4 rings (SSSR count). The summed E-state index contributed by atoms with van der Waals surface area (Å²) in [4.78, 5) is 31.2. The molecule has 0 saturated heterocycles. The van der Waals surface area contributed by atoms with Crippen LogP contribution < -0.4 is 20.1 Å². The monoisotopic (exact) mass is 547 g/mol. The number of nitrogens with one attached hydrogen (secondary N) is 2. The van der Waals surface area contributed by atoms with E-state index in [2.05, 4.69) is 15.6 Å². The lowest BCUT2D eigenvalue weighted by Gasteiger charge is -2.14. The molecule has 2 amide bonds. The summed E-state index contributed by atoms with van der Waals surface area (Å²) in [5.41, 5.74) is 3.91. The van der Waals surface area contributed by atoms with Crippen LogP contribution in [0.5, 0.6) is 11.5 Å². The van der Waals surface area contributed by atoms with Gasteiger partial charge in [0.15, 0.2) is 16.6 Å². The van der Waals surface area contributed by atoms with Crippen molar-refractivity contribution in [2.75, 3.05) is 24.9 Å². The molecule has 0 bridgehead atoms. The Labute approximate surface area is 230 Å². The molecule has 1 atom stereocenters. The first-order chi connectivity index (χ1) is 18.4. The zero-order valence-electron chi connectivity index (χ0n) is 21.6. The lowest BCUT2D eigenvalue weighted by atomic mass is 10.1. The first kappa shape index (κ1) is 27.2. The number of aryl methyl sites for hydroxylation is 1. The maximum absolute atomic E-state index is 13.1. The van der Waals surface area contributed by atoms with Gasteiger partial charge >= 0.3 is 0 Å². The van der Waals surface area contributed by atoms with Gasteiger partial charge in [-0.05, 0) is 61.9 Å². The molecule has 9 heteroatoms. The van der Waals surface area contributed by atoms with Crippen molar-refractivity contribution >= 4 is 45.7 Å².